The number of aliphatic carboxylic acids is 1. The second-order valence-electron chi connectivity index (χ2n) is 5.01. The van der Waals surface area contributed by atoms with Crippen molar-refractivity contribution in [2.45, 2.75) is 43.7 Å². The zero-order valence-corrected chi connectivity index (χ0v) is 10.6. The summed E-state index contributed by atoms with van der Waals surface area (Å²) in [5.74, 6) is -1.46. The summed E-state index contributed by atoms with van der Waals surface area (Å²) in [6, 6.07) is -0.992. The minimum absolute atomic E-state index is 0.164. The number of nitrogens with zero attached hydrogens (tertiary/aromatic N) is 1. The van der Waals surface area contributed by atoms with Gasteiger partial charge in [-0.15, -0.1) is 0 Å². The molecule has 0 bridgehead atoms. The van der Waals surface area contributed by atoms with Crippen LogP contribution >= 0.6 is 0 Å². The van der Waals surface area contributed by atoms with Crippen molar-refractivity contribution < 1.29 is 14.7 Å². The summed E-state index contributed by atoms with van der Waals surface area (Å²) in [5, 5.41) is 11.7. The molecule has 2 rings (SSSR count). The molecule has 1 atom stereocenters. The molecule has 0 radical (unpaired) electrons. The van der Waals surface area contributed by atoms with Gasteiger partial charge in [-0.05, 0) is 12.8 Å². The second-order valence-corrected chi connectivity index (χ2v) is 5.01. The fraction of sp³-hybridized carbons (Fsp3) is 0.583. The summed E-state index contributed by atoms with van der Waals surface area (Å²) in [4.78, 5) is 29.9. The molecule has 1 heterocycles. The largest absolute Gasteiger partial charge is 0.480 e. The van der Waals surface area contributed by atoms with Crippen molar-refractivity contribution in [2.24, 2.45) is 5.73 Å². The molecule has 1 saturated carbocycles. The van der Waals surface area contributed by atoms with Gasteiger partial charge in [0.25, 0.3) is 0 Å². The topological polar surface area (TPSA) is 121 Å². The number of rotatable bonds is 5. The fourth-order valence-corrected chi connectivity index (χ4v) is 2.35. The van der Waals surface area contributed by atoms with Gasteiger partial charge in [-0.2, -0.15) is 0 Å². The quantitative estimate of drug-likeness (QED) is 0.587. The average Bonchev–Trinajstić information content (AvgIpc) is 3.00. The Morgan fingerprint density at radius 2 is 2.21 bits per heavy atom. The Hall–Kier alpha value is -1.89. The molecule has 1 aliphatic carbocycles. The minimum atomic E-state index is -1.08. The van der Waals surface area contributed by atoms with Crippen molar-refractivity contribution in [2.75, 3.05) is 0 Å². The van der Waals surface area contributed by atoms with Crippen molar-refractivity contribution in [1.29, 1.82) is 0 Å². The van der Waals surface area contributed by atoms with Gasteiger partial charge in [0.05, 0.1) is 11.9 Å². The summed E-state index contributed by atoms with van der Waals surface area (Å²) in [6.45, 7) is 0. The third-order valence-corrected chi connectivity index (χ3v) is 3.53. The molecule has 7 nitrogen and oxygen atoms in total. The van der Waals surface area contributed by atoms with Gasteiger partial charge in [0.1, 0.15) is 6.04 Å². The van der Waals surface area contributed by atoms with E-state index in [-0.39, 0.29) is 12.3 Å². The molecule has 1 fully saturated rings. The summed E-state index contributed by atoms with van der Waals surface area (Å²) < 4.78 is 0. The molecule has 0 aromatic carbocycles. The Morgan fingerprint density at radius 3 is 2.74 bits per heavy atom. The van der Waals surface area contributed by atoms with Crippen LogP contribution in [0.2, 0.25) is 0 Å². The Labute approximate surface area is 110 Å². The lowest BCUT2D eigenvalue weighted by Gasteiger charge is -2.24. The third kappa shape index (κ3) is 3.11. The van der Waals surface area contributed by atoms with E-state index in [0.717, 1.165) is 12.8 Å². The molecule has 0 spiro atoms. The number of carboxylic acid groups (broad SMARTS) is 1. The van der Waals surface area contributed by atoms with Crippen molar-refractivity contribution in [3.05, 3.63) is 18.2 Å². The molecular formula is C12H18N4O3. The van der Waals surface area contributed by atoms with Crippen LogP contribution in [-0.2, 0) is 16.0 Å². The lowest BCUT2D eigenvalue weighted by Crippen LogP contribution is -2.56. The van der Waals surface area contributed by atoms with E-state index >= 15 is 0 Å². The Balaban J connectivity index is 2.00. The van der Waals surface area contributed by atoms with Crippen LogP contribution in [0.3, 0.4) is 0 Å². The predicted molar refractivity (Wildman–Crippen MR) is 67.2 cm³/mol. The van der Waals surface area contributed by atoms with Crippen LogP contribution in [0.25, 0.3) is 0 Å². The van der Waals surface area contributed by atoms with E-state index in [2.05, 4.69) is 15.3 Å². The van der Waals surface area contributed by atoms with Gasteiger partial charge in [0.15, 0.2) is 0 Å². The van der Waals surface area contributed by atoms with Crippen LogP contribution in [0.4, 0.5) is 0 Å². The number of imidazole rings is 1. The van der Waals surface area contributed by atoms with Crippen molar-refractivity contribution >= 4 is 11.9 Å². The van der Waals surface area contributed by atoms with Crippen LogP contribution in [0.15, 0.2) is 12.5 Å². The Kier molecular flexibility index (Phi) is 3.84. The lowest BCUT2D eigenvalue weighted by atomic mass is 9.97. The van der Waals surface area contributed by atoms with Crippen LogP contribution in [0.1, 0.15) is 31.4 Å². The number of aromatic nitrogens is 2. The Bertz CT molecular complexity index is 452. The monoisotopic (exact) mass is 266 g/mol. The molecule has 7 heteroatoms. The molecule has 0 saturated heterocycles. The first kappa shape index (κ1) is 13.5. The first-order valence-corrected chi connectivity index (χ1v) is 6.31. The van der Waals surface area contributed by atoms with Crippen molar-refractivity contribution in [3.63, 3.8) is 0 Å². The van der Waals surface area contributed by atoms with E-state index in [0.29, 0.717) is 18.5 Å². The van der Waals surface area contributed by atoms with E-state index in [1.807, 2.05) is 0 Å². The number of hydrogen-bond acceptors (Lipinski definition) is 4. The second kappa shape index (κ2) is 5.40. The first-order valence-electron chi connectivity index (χ1n) is 6.31. The van der Waals surface area contributed by atoms with Crippen molar-refractivity contribution in [1.82, 2.24) is 15.3 Å². The van der Waals surface area contributed by atoms with Crippen LogP contribution in [0, 0.1) is 0 Å². The standard InChI is InChI=1S/C12H18N4O3/c13-12(3-1-2-4-12)11(19)16-9(10(17)18)5-8-6-14-7-15-8/h6-7,9H,1-5,13H2,(H,14,15)(H,16,19)(H,17,18)/t9-/m1/s1. The number of nitrogens with two attached hydrogens (primary N) is 1. The van der Waals surface area contributed by atoms with E-state index in [9.17, 15) is 9.59 Å². The van der Waals surface area contributed by atoms with Gasteiger partial charge in [-0.1, -0.05) is 12.8 Å². The number of aromatic amines is 1. The molecule has 104 valence electrons. The Morgan fingerprint density at radius 1 is 1.53 bits per heavy atom. The van der Waals surface area contributed by atoms with E-state index in [1.54, 1.807) is 0 Å². The summed E-state index contributed by atoms with van der Waals surface area (Å²) in [5.41, 5.74) is 5.74. The molecule has 5 N–H and O–H groups in total. The molecule has 19 heavy (non-hydrogen) atoms. The maximum absolute atomic E-state index is 12.1. The summed E-state index contributed by atoms with van der Waals surface area (Å²) in [6.07, 6.45) is 6.19. The minimum Gasteiger partial charge on any atom is -0.480 e. The highest BCUT2D eigenvalue weighted by molar-refractivity contribution is 5.90. The number of amides is 1. The molecular weight excluding hydrogens is 248 g/mol. The highest BCUT2D eigenvalue weighted by atomic mass is 16.4. The van der Waals surface area contributed by atoms with Gasteiger partial charge in [0.2, 0.25) is 5.91 Å². The summed E-state index contributed by atoms with van der Waals surface area (Å²) in [7, 11) is 0. The maximum atomic E-state index is 12.1. The smallest absolute Gasteiger partial charge is 0.326 e. The number of H-pyrrole nitrogens is 1. The maximum Gasteiger partial charge on any atom is 0.326 e. The number of carbonyl (C=O) groups excluding carboxylic acids is 1. The highest BCUT2D eigenvalue weighted by Crippen LogP contribution is 2.27. The van der Waals surface area contributed by atoms with E-state index in [1.165, 1.54) is 12.5 Å². The number of carbonyl (C=O) groups is 2. The van der Waals surface area contributed by atoms with E-state index in [4.69, 9.17) is 10.8 Å². The number of carboxylic acids is 1. The molecule has 1 aliphatic rings. The highest BCUT2D eigenvalue weighted by Gasteiger charge is 2.38. The number of hydrogen-bond donors (Lipinski definition) is 4. The van der Waals surface area contributed by atoms with Gasteiger partial charge in [0, 0.05) is 18.3 Å². The van der Waals surface area contributed by atoms with Gasteiger partial charge in [-0.25, -0.2) is 9.78 Å². The average molecular weight is 266 g/mol. The molecule has 0 unspecified atom stereocenters. The van der Waals surface area contributed by atoms with Crippen LogP contribution in [0.5, 0.6) is 0 Å². The van der Waals surface area contributed by atoms with Gasteiger partial charge in [-0.3, -0.25) is 4.79 Å². The van der Waals surface area contributed by atoms with Crippen molar-refractivity contribution in [3.8, 4) is 0 Å². The molecule has 1 aromatic heterocycles. The third-order valence-electron chi connectivity index (χ3n) is 3.53. The van der Waals surface area contributed by atoms with Crippen LogP contribution in [-0.4, -0.2) is 38.5 Å². The summed E-state index contributed by atoms with van der Waals surface area (Å²) >= 11 is 0. The number of nitrogens with one attached hydrogen (secondary N) is 2. The van der Waals surface area contributed by atoms with E-state index < -0.39 is 17.6 Å². The van der Waals surface area contributed by atoms with Gasteiger partial charge < -0.3 is 21.1 Å². The SMILES string of the molecule is NC1(C(=O)N[C@H](Cc2cnc[nH]2)C(=O)O)CCCC1. The molecule has 1 aromatic rings. The fourth-order valence-electron chi connectivity index (χ4n) is 2.35. The first-order chi connectivity index (χ1) is 9.01. The van der Waals surface area contributed by atoms with Crippen LogP contribution < -0.4 is 11.1 Å². The van der Waals surface area contributed by atoms with Gasteiger partial charge >= 0.3 is 5.97 Å². The molecule has 0 aliphatic heterocycles. The lowest BCUT2D eigenvalue weighted by molar-refractivity contribution is -0.142. The zero-order chi connectivity index (χ0) is 13.9. The zero-order valence-electron chi connectivity index (χ0n) is 10.6. The molecule has 1 amide bonds. The normalized spacial score (nSPS) is 19.0. The predicted octanol–water partition coefficient (Wildman–Crippen LogP) is -0.207.